The highest BCUT2D eigenvalue weighted by Crippen LogP contribution is 2.27. The van der Waals surface area contributed by atoms with Crippen LogP contribution in [0.1, 0.15) is 24.1 Å². The molecule has 0 heterocycles. The molecule has 0 unspecified atom stereocenters. The lowest BCUT2D eigenvalue weighted by atomic mass is 10.1. The van der Waals surface area contributed by atoms with Crippen molar-refractivity contribution in [3.8, 4) is 0 Å². The zero-order valence-corrected chi connectivity index (χ0v) is 14.2. The highest BCUT2D eigenvalue weighted by molar-refractivity contribution is 6.31. The number of para-hydroxylation sites is 1. The Morgan fingerprint density at radius 3 is 2.67 bits per heavy atom. The van der Waals surface area contributed by atoms with E-state index in [4.69, 9.17) is 11.6 Å². The highest BCUT2D eigenvalue weighted by atomic mass is 35.5. The first-order chi connectivity index (χ1) is 11.4. The number of nitro groups is 1. The summed E-state index contributed by atoms with van der Waals surface area (Å²) < 4.78 is 0. The van der Waals surface area contributed by atoms with Crippen LogP contribution in [0.3, 0.4) is 0 Å². The van der Waals surface area contributed by atoms with Crippen molar-refractivity contribution < 1.29 is 15.0 Å². The van der Waals surface area contributed by atoms with Crippen molar-refractivity contribution in [1.29, 1.82) is 0 Å². The second-order valence-corrected chi connectivity index (χ2v) is 5.93. The predicted octanol–water partition coefficient (Wildman–Crippen LogP) is 2.82. The number of nitro benzene ring substituents is 1. The fourth-order valence-corrected chi connectivity index (χ4v) is 2.72. The Balaban J connectivity index is 2.02. The van der Waals surface area contributed by atoms with Crippen LogP contribution in [0.25, 0.3) is 0 Å². The first-order valence-corrected chi connectivity index (χ1v) is 7.89. The molecule has 0 saturated heterocycles. The standard InChI is InChI=1S/C17H18ClN3O3/c1-11-6-5-9-15(21(23)24)17(11)20-16(22)10-19-12(2)13-7-3-4-8-14(13)18/h3-9,12,19H,10H2,1-2H3,(H,20,22)/p+1/t12-/m1/s1. The molecule has 7 heteroatoms. The minimum absolute atomic E-state index is 0.00342. The predicted molar refractivity (Wildman–Crippen MR) is 93.1 cm³/mol. The third kappa shape index (κ3) is 4.31. The highest BCUT2D eigenvalue weighted by Gasteiger charge is 2.19. The number of amides is 1. The van der Waals surface area contributed by atoms with E-state index in [-0.39, 0.29) is 29.9 Å². The summed E-state index contributed by atoms with van der Waals surface area (Å²) in [6, 6.07) is 12.1. The molecule has 0 aliphatic rings. The summed E-state index contributed by atoms with van der Waals surface area (Å²) in [5, 5.41) is 16.2. The molecule has 2 aromatic rings. The smallest absolute Gasteiger partial charge is 0.293 e. The Hall–Kier alpha value is -2.44. The maximum absolute atomic E-state index is 12.2. The number of carbonyl (C=O) groups is 1. The van der Waals surface area contributed by atoms with Crippen LogP contribution in [0.4, 0.5) is 11.4 Å². The number of anilines is 1. The van der Waals surface area contributed by atoms with Gasteiger partial charge >= 0.3 is 0 Å². The molecule has 126 valence electrons. The number of nitrogens with zero attached hydrogens (tertiary/aromatic N) is 1. The van der Waals surface area contributed by atoms with Crippen LogP contribution in [-0.2, 0) is 4.79 Å². The van der Waals surface area contributed by atoms with Crippen molar-refractivity contribution in [2.24, 2.45) is 0 Å². The molecule has 0 saturated carbocycles. The van der Waals surface area contributed by atoms with Crippen molar-refractivity contribution in [1.82, 2.24) is 0 Å². The van der Waals surface area contributed by atoms with Crippen molar-refractivity contribution >= 4 is 28.9 Å². The quantitative estimate of drug-likeness (QED) is 0.621. The second kappa shape index (κ2) is 7.90. The van der Waals surface area contributed by atoms with Crippen LogP contribution < -0.4 is 10.6 Å². The van der Waals surface area contributed by atoms with Gasteiger partial charge in [-0.1, -0.05) is 41.9 Å². The Bertz CT molecular complexity index is 764. The van der Waals surface area contributed by atoms with Gasteiger partial charge in [0, 0.05) is 16.7 Å². The minimum Gasteiger partial charge on any atom is -0.332 e. The third-order valence-electron chi connectivity index (χ3n) is 3.76. The van der Waals surface area contributed by atoms with Gasteiger partial charge in [0.05, 0.1) is 4.92 Å². The van der Waals surface area contributed by atoms with E-state index >= 15 is 0 Å². The number of quaternary nitrogens is 1. The van der Waals surface area contributed by atoms with Crippen LogP contribution >= 0.6 is 11.6 Å². The molecule has 2 aromatic carbocycles. The zero-order valence-electron chi connectivity index (χ0n) is 13.5. The van der Waals surface area contributed by atoms with E-state index in [9.17, 15) is 14.9 Å². The molecule has 0 spiro atoms. The first kappa shape index (κ1) is 17.9. The molecule has 0 aromatic heterocycles. The number of hydrogen-bond acceptors (Lipinski definition) is 3. The monoisotopic (exact) mass is 348 g/mol. The van der Waals surface area contributed by atoms with Crippen LogP contribution in [0.2, 0.25) is 5.02 Å². The average molecular weight is 349 g/mol. The number of nitrogens with one attached hydrogen (secondary N) is 1. The maximum Gasteiger partial charge on any atom is 0.293 e. The SMILES string of the molecule is Cc1cccc([N+](=O)[O-])c1NC(=O)C[NH2+][C@H](C)c1ccccc1Cl. The molecule has 1 atom stereocenters. The van der Waals surface area contributed by atoms with Gasteiger partial charge in [-0.2, -0.15) is 0 Å². The molecule has 0 bridgehead atoms. The van der Waals surface area contributed by atoms with Crippen LogP contribution in [0.15, 0.2) is 42.5 Å². The summed E-state index contributed by atoms with van der Waals surface area (Å²) in [7, 11) is 0. The van der Waals surface area contributed by atoms with Gasteiger partial charge in [0.15, 0.2) is 6.54 Å². The summed E-state index contributed by atoms with van der Waals surface area (Å²) in [6.45, 7) is 3.81. The summed E-state index contributed by atoms with van der Waals surface area (Å²) in [6.07, 6.45) is 0. The van der Waals surface area contributed by atoms with E-state index in [1.807, 2.05) is 30.4 Å². The normalized spacial score (nSPS) is 11.8. The largest absolute Gasteiger partial charge is 0.332 e. The molecule has 2 rings (SSSR count). The molecule has 1 amide bonds. The van der Waals surface area contributed by atoms with E-state index < -0.39 is 4.92 Å². The zero-order chi connectivity index (χ0) is 17.7. The first-order valence-electron chi connectivity index (χ1n) is 7.51. The van der Waals surface area contributed by atoms with Crippen LogP contribution in [0, 0.1) is 17.0 Å². The Morgan fingerprint density at radius 2 is 2.00 bits per heavy atom. The average Bonchev–Trinajstić information content (AvgIpc) is 2.54. The van der Waals surface area contributed by atoms with Crippen LogP contribution in [-0.4, -0.2) is 17.4 Å². The number of rotatable bonds is 6. The van der Waals surface area contributed by atoms with Crippen molar-refractivity contribution in [3.63, 3.8) is 0 Å². The van der Waals surface area contributed by atoms with Gasteiger partial charge in [0.2, 0.25) is 0 Å². The Kier molecular flexibility index (Phi) is 5.89. The lowest BCUT2D eigenvalue weighted by molar-refractivity contribution is -0.682. The summed E-state index contributed by atoms with van der Waals surface area (Å²) in [5.41, 5.74) is 1.72. The Morgan fingerprint density at radius 1 is 1.29 bits per heavy atom. The van der Waals surface area contributed by atoms with E-state index in [0.29, 0.717) is 10.6 Å². The molecule has 6 nitrogen and oxygen atoms in total. The molecule has 0 aliphatic heterocycles. The van der Waals surface area contributed by atoms with Crippen LogP contribution in [0.5, 0.6) is 0 Å². The number of benzene rings is 2. The van der Waals surface area contributed by atoms with Crippen molar-refractivity contribution in [2.75, 3.05) is 11.9 Å². The molecular formula is C17H19ClN3O3+. The van der Waals surface area contributed by atoms with Crippen molar-refractivity contribution in [2.45, 2.75) is 19.9 Å². The minimum atomic E-state index is -0.501. The van der Waals surface area contributed by atoms with E-state index in [0.717, 1.165) is 5.56 Å². The Labute approximate surface area is 145 Å². The van der Waals surface area contributed by atoms with E-state index in [1.54, 1.807) is 25.1 Å². The van der Waals surface area contributed by atoms with Gasteiger partial charge in [-0.3, -0.25) is 14.9 Å². The second-order valence-electron chi connectivity index (χ2n) is 5.52. The summed E-state index contributed by atoms with van der Waals surface area (Å²) in [4.78, 5) is 22.7. The van der Waals surface area contributed by atoms with Crippen molar-refractivity contribution in [3.05, 3.63) is 68.7 Å². The maximum atomic E-state index is 12.2. The number of nitrogens with two attached hydrogens (primary N) is 1. The van der Waals surface area contributed by atoms with E-state index in [2.05, 4.69) is 5.32 Å². The van der Waals surface area contributed by atoms with Gasteiger partial charge in [-0.25, -0.2) is 0 Å². The molecule has 0 aliphatic carbocycles. The lowest BCUT2D eigenvalue weighted by Crippen LogP contribution is -2.86. The summed E-state index contributed by atoms with van der Waals surface area (Å²) in [5.74, 6) is -0.300. The molecular weight excluding hydrogens is 330 g/mol. The molecule has 3 N–H and O–H groups in total. The number of halogens is 1. The van der Waals surface area contributed by atoms with Gasteiger partial charge in [-0.15, -0.1) is 0 Å². The third-order valence-corrected chi connectivity index (χ3v) is 4.11. The summed E-state index contributed by atoms with van der Waals surface area (Å²) >= 11 is 6.15. The number of aryl methyl sites for hydroxylation is 1. The van der Waals surface area contributed by atoms with Gasteiger partial charge < -0.3 is 10.6 Å². The lowest BCUT2D eigenvalue weighted by Gasteiger charge is -2.13. The number of hydrogen-bond donors (Lipinski definition) is 2. The molecule has 0 fully saturated rings. The van der Waals surface area contributed by atoms with Gasteiger partial charge in [-0.05, 0) is 25.5 Å². The van der Waals surface area contributed by atoms with Gasteiger partial charge in [0.25, 0.3) is 11.6 Å². The van der Waals surface area contributed by atoms with E-state index in [1.165, 1.54) is 6.07 Å². The fourth-order valence-electron chi connectivity index (χ4n) is 2.41. The number of carbonyl (C=O) groups excluding carboxylic acids is 1. The molecule has 24 heavy (non-hydrogen) atoms. The fraction of sp³-hybridized carbons (Fsp3) is 0.235. The molecule has 0 radical (unpaired) electrons. The topological polar surface area (TPSA) is 88.9 Å². The van der Waals surface area contributed by atoms with Gasteiger partial charge in [0.1, 0.15) is 11.7 Å².